The number of para-hydroxylation sites is 2. The predicted molar refractivity (Wildman–Crippen MR) is 115 cm³/mol. The molecule has 0 spiro atoms. The number of nitrogens with zero attached hydrogens (tertiary/aromatic N) is 4. The Bertz CT molecular complexity index is 1280. The van der Waals surface area contributed by atoms with Crippen LogP contribution >= 0.6 is 0 Å². The summed E-state index contributed by atoms with van der Waals surface area (Å²) >= 11 is 0. The van der Waals surface area contributed by atoms with Crippen molar-refractivity contribution in [2.45, 2.75) is 6.04 Å². The molecular weight excluding hydrogens is 415 g/mol. The second kappa shape index (κ2) is 7.38. The Morgan fingerprint density at radius 3 is 2.19 bits per heavy atom. The number of anilines is 2. The van der Waals surface area contributed by atoms with Crippen molar-refractivity contribution in [3.8, 4) is 0 Å². The van der Waals surface area contributed by atoms with E-state index in [0.717, 1.165) is 4.90 Å². The molecule has 2 aliphatic rings. The van der Waals surface area contributed by atoms with E-state index < -0.39 is 34.5 Å². The zero-order valence-corrected chi connectivity index (χ0v) is 16.5. The standard InChI is InChI=1S/C23H15FN4O4/c24-17-8-4-5-9-18(17)26-22(29)19-20(14-10-12-16(13-11-14)28(31)32)25-27(21(19)23(26)30)15-6-2-1-3-7-15/h1-13,19,21H/t19-,21-/m1/s1. The Morgan fingerprint density at radius 1 is 0.875 bits per heavy atom. The average molecular weight is 430 g/mol. The first-order valence-electron chi connectivity index (χ1n) is 9.77. The smallest absolute Gasteiger partial charge is 0.269 e. The number of halogens is 1. The summed E-state index contributed by atoms with van der Waals surface area (Å²) in [7, 11) is 0. The highest BCUT2D eigenvalue weighted by Gasteiger charge is 2.57. The first-order chi connectivity index (χ1) is 15.5. The first-order valence-corrected chi connectivity index (χ1v) is 9.77. The molecule has 3 aromatic rings. The lowest BCUT2D eigenvalue weighted by Gasteiger charge is -2.22. The van der Waals surface area contributed by atoms with Crippen LogP contribution in [0.4, 0.5) is 21.5 Å². The number of amides is 2. The Hall–Kier alpha value is -4.40. The molecule has 2 atom stereocenters. The molecule has 1 fully saturated rings. The number of hydrogen-bond donors (Lipinski definition) is 0. The van der Waals surface area contributed by atoms with E-state index in [4.69, 9.17) is 0 Å². The summed E-state index contributed by atoms with van der Waals surface area (Å²) in [5, 5.41) is 17.0. The molecule has 0 radical (unpaired) electrons. The van der Waals surface area contributed by atoms with Crippen LogP contribution < -0.4 is 9.91 Å². The van der Waals surface area contributed by atoms with Gasteiger partial charge in [0, 0.05) is 12.1 Å². The fourth-order valence-electron chi connectivity index (χ4n) is 4.07. The van der Waals surface area contributed by atoms with Crippen LogP contribution in [0.25, 0.3) is 0 Å². The summed E-state index contributed by atoms with van der Waals surface area (Å²) in [6, 6.07) is 19.1. The molecule has 0 saturated carbocycles. The maximum Gasteiger partial charge on any atom is 0.269 e. The molecule has 1 saturated heterocycles. The topological polar surface area (TPSA) is 96.1 Å². The molecule has 158 valence electrons. The van der Waals surface area contributed by atoms with Crippen LogP contribution in [0.2, 0.25) is 0 Å². The largest absolute Gasteiger partial charge is 0.273 e. The van der Waals surface area contributed by atoms with Gasteiger partial charge >= 0.3 is 0 Å². The van der Waals surface area contributed by atoms with Gasteiger partial charge in [0.1, 0.15) is 17.8 Å². The highest BCUT2D eigenvalue weighted by Crippen LogP contribution is 2.39. The number of imide groups is 1. The summed E-state index contributed by atoms with van der Waals surface area (Å²) in [5.74, 6) is -2.85. The minimum Gasteiger partial charge on any atom is -0.273 e. The fraction of sp³-hybridized carbons (Fsp3) is 0.0870. The van der Waals surface area contributed by atoms with E-state index in [1.54, 1.807) is 30.3 Å². The number of nitro groups is 1. The van der Waals surface area contributed by atoms with Crippen LogP contribution in [-0.4, -0.2) is 28.5 Å². The van der Waals surface area contributed by atoms with Crippen LogP contribution in [0.3, 0.4) is 0 Å². The quantitative estimate of drug-likeness (QED) is 0.359. The number of hydrogen-bond acceptors (Lipinski definition) is 6. The molecule has 2 amide bonds. The Labute approximate surface area is 181 Å². The Balaban J connectivity index is 1.63. The lowest BCUT2D eigenvalue weighted by atomic mass is 9.92. The number of benzene rings is 3. The van der Waals surface area contributed by atoms with Gasteiger partial charge in [0.25, 0.3) is 11.6 Å². The summed E-state index contributed by atoms with van der Waals surface area (Å²) in [6.07, 6.45) is 0. The van der Waals surface area contributed by atoms with Gasteiger partial charge in [-0.25, -0.2) is 9.29 Å². The van der Waals surface area contributed by atoms with Gasteiger partial charge in [0.15, 0.2) is 0 Å². The number of hydrazone groups is 1. The maximum absolute atomic E-state index is 14.5. The molecule has 3 aromatic carbocycles. The third-order valence-electron chi connectivity index (χ3n) is 5.54. The number of rotatable bonds is 4. The third-order valence-corrected chi connectivity index (χ3v) is 5.54. The third kappa shape index (κ3) is 2.94. The van der Waals surface area contributed by atoms with Crippen molar-refractivity contribution in [1.82, 2.24) is 0 Å². The predicted octanol–water partition coefficient (Wildman–Crippen LogP) is 3.52. The number of nitro benzene ring substituents is 1. The van der Waals surface area contributed by atoms with E-state index in [1.165, 1.54) is 47.5 Å². The highest BCUT2D eigenvalue weighted by atomic mass is 19.1. The SMILES string of the molecule is O=C1[C@@H]2C(c3ccc([N+](=O)[O-])cc3)=NN(c3ccccc3)[C@H]2C(=O)N1c1ccccc1F. The van der Waals surface area contributed by atoms with E-state index >= 15 is 0 Å². The number of non-ortho nitro benzene ring substituents is 1. The number of fused-ring (bicyclic) bond motifs is 1. The zero-order valence-electron chi connectivity index (χ0n) is 16.5. The first kappa shape index (κ1) is 19.6. The van der Waals surface area contributed by atoms with Crippen molar-refractivity contribution in [3.63, 3.8) is 0 Å². The molecule has 0 unspecified atom stereocenters. The molecule has 9 heteroatoms. The number of carbonyl (C=O) groups excluding carboxylic acids is 2. The average Bonchev–Trinajstić information content (AvgIpc) is 3.32. The van der Waals surface area contributed by atoms with E-state index in [-0.39, 0.29) is 11.4 Å². The second-order valence-electron chi connectivity index (χ2n) is 7.36. The maximum atomic E-state index is 14.5. The van der Waals surface area contributed by atoms with Gasteiger partial charge in [-0.15, -0.1) is 0 Å². The summed E-state index contributed by atoms with van der Waals surface area (Å²) in [5.41, 5.74) is 1.14. The molecule has 0 N–H and O–H groups in total. The van der Waals surface area contributed by atoms with E-state index in [9.17, 15) is 24.1 Å². The molecule has 0 aromatic heterocycles. The molecule has 0 aliphatic carbocycles. The van der Waals surface area contributed by atoms with Crippen LogP contribution in [0.5, 0.6) is 0 Å². The number of carbonyl (C=O) groups is 2. The lowest BCUT2D eigenvalue weighted by Crippen LogP contribution is -2.39. The lowest BCUT2D eigenvalue weighted by molar-refractivity contribution is -0.384. The highest BCUT2D eigenvalue weighted by molar-refractivity contribution is 6.34. The van der Waals surface area contributed by atoms with Gasteiger partial charge in [0.05, 0.1) is 22.0 Å². The fourth-order valence-corrected chi connectivity index (χ4v) is 4.07. The van der Waals surface area contributed by atoms with Crippen LogP contribution in [0.1, 0.15) is 5.56 Å². The molecule has 5 rings (SSSR count). The van der Waals surface area contributed by atoms with Gasteiger partial charge < -0.3 is 0 Å². The summed E-state index contributed by atoms with van der Waals surface area (Å²) in [6.45, 7) is 0. The zero-order chi connectivity index (χ0) is 22.4. The molecule has 0 bridgehead atoms. The summed E-state index contributed by atoms with van der Waals surface area (Å²) < 4.78 is 14.5. The van der Waals surface area contributed by atoms with Gasteiger partial charge in [-0.1, -0.05) is 30.3 Å². The van der Waals surface area contributed by atoms with Crippen molar-refractivity contribution in [1.29, 1.82) is 0 Å². The van der Waals surface area contributed by atoms with E-state index in [2.05, 4.69) is 5.10 Å². The monoisotopic (exact) mass is 430 g/mol. The van der Waals surface area contributed by atoms with E-state index in [1.807, 2.05) is 6.07 Å². The molecule has 2 aliphatic heterocycles. The van der Waals surface area contributed by atoms with Crippen molar-refractivity contribution in [3.05, 3.63) is 100 Å². The van der Waals surface area contributed by atoms with Gasteiger partial charge in [-0.3, -0.25) is 24.7 Å². The van der Waals surface area contributed by atoms with Gasteiger partial charge in [-0.05, 0) is 42.0 Å². The summed E-state index contributed by atoms with van der Waals surface area (Å²) in [4.78, 5) is 38.1. The second-order valence-corrected chi connectivity index (χ2v) is 7.36. The normalized spacial score (nSPS) is 19.8. The van der Waals surface area contributed by atoms with E-state index in [0.29, 0.717) is 17.0 Å². The molecule has 32 heavy (non-hydrogen) atoms. The Morgan fingerprint density at radius 2 is 1.53 bits per heavy atom. The van der Waals surface area contributed by atoms with Crippen molar-refractivity contribution in [2.75, 3.05) is 9.91 Å². The van der Waals surface area contributed by atoms with Crippen molar-refractivity contribution in [2.24, 2.45) is 11.0 Å². The molecular formula is C23H15FN4O4. The van der Waals surface area contributed by atoms with Crippen LogP contribution in [-0.2, 0) is 9.59 Å². The van der Waals surface area contributed by atoms with Gasteiger partial charge in [-0.2, -0.15) is 5.10 Å². The minimum absolute atomic E-state index is 0.106. The Kier molecular flexibility index (Phi) is 4.51. The molecule has 8 nitrogen and oxygen atoms in total. The van der Waals surface area contributed by atoms with Crippen molar-refractivity contribution < 1.29 is 18.9 Å². The van der Waals surface area contributed by atoms with Gasteiger partial charge in [0.2, 0.25) is 5.91 Å². The van der Waals surface area contributed by atoms with Crippen LogP contribution in [0.15, 0.2) is 84.0 Å². The van der Waals surface area contributed by atoms with Crippen molar-refractivity contribution >= 4 is 34.6 Å². The minimum atomic E-state index is -0.991. The van der Waals surface area contributed by atoms with Crippen LogP contribution in [0, 0.1) is 21.8 Å². The molecule has 2 heterocycles.